The largest absolute Gasteiger partial charge is 0.382 e. The number of anilines is 1. The van der Waals surface area contributed by atoms with Crippen LogP contribution in [0, 0.1) is 6.92 Å². The normalized spacial score (nSPS) is 12.3. The second kappa shape index (κ2) is 2.99. The lowest BCUT2D eigenvalue weighted by atomic mass is 9.83. The van der Waals surface area contributed by atoms with E-state index < -0.39 is 0 Å². The number of nitrogens with one attached hydrogen (secondary N) is 1. The van der Waals surface area contributed by atoms with Gasteiger partial charge in [0.2, 0.25) is 0 Å². The number of benzene rings is 1. The minimum Gasteiger partial charge on any atom is -0.382 e. The van der Waals surface area contributed by atoms with Gasteiger partial charge in [-0.2, -0.15) is 5.10 Å². The Hall–Kier alpha value is -1.51. The molecule has 1 aromatic heterocycles. The first-order valence-corrected chi connectivity index (χ1v) is 5.15. The fraction of sp³-hybridized carbons (Fsp3) is 0.417. The molecule has 0 atom stereocenters. The summed E-state index contributed by atoms with van der Waals surface area (Å²) in [6.07, 6.45) is 0. The van der Waals surface area contributed by atoms with Crippen LogP contribution >= 0.6 is 0 Å². The van der Waals surface area contributed by atoms with Crippen LogP contribution in [-0.4, -0.2) is 10.2 Å². The highest BCUT2D eigenvalue weighted by Gasteiger charge is 2.21. The smallest absolute Gasteiger partial charge is 0.153 e. The van der Waals surface area contributed by atoms with Gasteiger partial charge in [-0.25, -0.2) is 0 Å². The third-order valence-electron chi connectivity index (χ3n) is 2.73. The number of H-pyrrole nitrogens is 1. The van der Waals surface area contributed by atoms with Crippen LogP contribution in [0.1, 0.15) is 31.9 Å². The second-order valence-corrected chi connectivity index (χ2v) is 5.04. The van der Waals surface area contributed by atoms with Gasteiger partial charge in [0.05, 0.1) is 5.52 Å². The van der Waals surface area contributed by atoms with Crippen LogP contribution in [0.2, 0.25) is 0 Å². The van der Waals surface area contributed by atoms with Crippen molar-refractivity contribution in [2.24, 2.45) is 0 Å². The van der Waals surface area contributed by atoms with Crippen molar-refractivity contribution >= 4 is 16.7 Å². The first kappa shape index (κ1) is 10.0. The van der Waals surface area contributed by atoms with E-state index in [0.717, 1.165) is 10.9 Å². The number of nitrogen functional groups attached to an aromatic ring is 1. The number of hydrogen-bond acceptors (Lipinski definition) is 2. The molecule has 15 heavy (non-hydrogen) atoms. The molecule has 0 aliphatic carbocycles. The quantitative estimate of drug-likeness (QED) is 0.691. The Balaban J connectivity index is 2.87. The number of aromatic amines is 1. The summed E-state index contributed by atoms with van der Waals surface area (Å²) in [7, 11) is 0. The predicted octanol–water partition coefficient (Wildman–Crippen LogP) is 2.75. The number of nitrogens with zero attached hydrogens (tertiary/aromatic N) is 1. The van der Waals surface area contributed by atoms with Crippen LogP contribution in [0.25, 0.3) is 10.9 Å². The third-order valence-corrected chi connectivity index (χ3v) is 2.73. The van der Waals surface area contributed by atoms with Crippen molar-refractivity contribution in [2.45, 2.75) is 33.1 Å². The van der Waals surface area contributed by atoms with E-state index in [9.17, 15) is 0 Å². The minimum atomic E-state index is 0.0998. The van der Waals surface area contributed by atoms with Crippen LogP contribution in [0.3, 0.4) is 0 Å². The van der Waals surface area contributed by atoms with Gasteiger partial charge < -0.3 is 5.73 Å². The van der Waals surface area contributed by atoms with Gasteiger partial charge in [0.1, 0.15) is 0 Å². The summed E-state index contributed by atoms with van der Waals surface area (Å²) in [6.45, 7) is 8.72. The average Bonchev–Trinajstić information content (AvgIpc) is 2.45. The van der Waals surface area contributed by atoms with E-state index in [1.165, 1.54) is 11.1 Å². The molecular weight excluding hydrogens is 186 g/mol. The molecule has 0 amide bonds. The molecule has 1 heterocycles. The zero-order valence-electron chi connectivity index (χ0n) is 9.68. The lowest BCUT2D eigenvalue weighted by Gasteiger charge is -2.22. The molecule has 3 nitrogen and oxygen atoms in total. The first-order chi connectivity index (χ1) is 6.91. The van der Waals surface area contributed by atoms with Gasteiger partial charge in [-0.05, 0) is 29.5 Å². The van der Waals surface area contributed by atoms with Gasteiger partial charge >= 0.3 is 0 Å². The van der Waals surface area contributed by atoms with Crippen LogP contribution in [0.15, 0.2) is 12.1 Å². The topological polar surface area (TPSA) is 54.7 Å². The Morgan fingerprint density at radius 2 is 1.93 bits per heavy atom. The predicted molar refractivity (Wildman–Crippen MR) is 63.9 cm³/mol. The number of hydrogen-bond donors (Lipinski definition) is 2. The molecule has 2 rings (SSSR count). The maximum absolute atomic E-state index is 5.80. The van der Waals surface area contributed by atoms with Crippen LogP contribution in [0.4, 0.5) is 5.82 Å². The number of rotatable bonds is 0. The van der Waals surface area contributed by atoms with Crippen molar-refractivity contribution < 1.29 is 0 Å². The molecule has 0 aliphatic heterocycles. The highest BCUT2D eigenvalue weighted by atomic mass is 15.2. The molecule has 2 aromatic rings. The number of aromatic nitrogens is 2. The van der Waals surface area contributed by atoms with Gasteiger partial charge in [0.25, 0.3) is 0 Å². The second-order valence-electron chi connectivity index (χ2n) is 5.04. The number of aryl methyl sites for hydroxylation is 1. The fourth-order valence-corrected chi connectivity index (χ4v) is 2.18. The Bertz CT molecular complexity index is 503. The molecule has 0 bridgehead atoms. The highest BCUT2D eigenvalue weighted by Crippen LogP contribution is 2.33. The molecule has 0 saturated carbocycles. The van der Waals surface area contributed by atoms with Gasteiger partial charge in [-0.3, -0.25) is 5.10 Å². The van der Waals surface area contributed by atoms with E-state index in [0.29, 0.717) is 5.82 Å². The number of nitrogens with two attached hydrogens (primary N) is 1. The van der Waals surface area contributed by atoms with E-state index in [1.807, 2.05) is 6.07 Å². The summed E-state index contributed by atoms with van der Waals surface area (Å²) in [4.78, 5) is 0. The fourth-order valence-electron chi connectivity index (χ4n) is 2.18. The highest BCUT2D eigenvalue weighted by molar-refractivity contribution is 5.92. The van der Waals surface area contributed by atoms with Gasteiger partial charge in [-0.15, -0.1) is 0 Å². The molecular formula is C12H17N3. The molecule has 3 N–H and O–H groups in total. The van der Waals surface area contributed by atoms with Crippen molar-refractivity contribution in [1.82, 2.24) is 10.2 Å². The molecule has 0 unspecified atom stereocenters. The zero-order chi connectivity index (χ0) is 11.2. The average molecular weight is 203 g/mol. The summed E-state index contributed by atoms with van der Waals surface area (Å²) >= 11 is 0. The van der Waals surface area contributed by atoms with Crippen molar-refractivity contribution in [1.29, 1.82) is 0 Å². The lowest BCUT2D eigenvalue weighted by Crippen LogP contribution is -2.13. The summed E-state index contributed by atoms with van der Waals surface area (Å²) in [5.41, 5.74) is 9.54. The summed E-state index contributed by atoms with van der Waals surface area (Å²) in [5.74, 6) is 0.579. The molecule has 3 heteroatoms. The van der Waals surface area contributed by atoms with Crippen molar-refractivity contribution in [3.63, 3.8) is 0 Å². The molecule has 80 valence electrons. The SMILES string of the molecule is Cc1ccc2c(N)n[nH]c2c1C(C)(C)C. The molecule has 1 aromatic carbocycles. The van der Waals surface area contributed by atoms with Gasteiger partial charge in [0, 0.05) is 5.39 Å². The van der Waals surface area contributed by atoms with E-state index in [4.69, 9.17) is 5.73 Å². The van der Waals surface area contributed by atoms with Gasteiger partial charge in [0.15, 0.2) is 5.82 Å². The monoisotopic (exact) mass is 203 g/mol. The van der Waals surface area contributed by atoms with Crippen molar-refractivity contribution in [3.8, 4) is 0 Å². The van der Waals surface area contributed by atoms with Gasteiger partial charge in [-0.1, -0.05) is 26.8 Å². The maximum Gasteiger partial charge on any atom is 0.153 e. The Morgan fingerprint density at radius 3 is 2.53 bits per heavy atom. The Kier molecular flexibility index (Phi) is 2.00. The van der Waals surface area contributed by atoms with Crippen LogP contribution in [0.5, 0.6) is 0 Å². The van der Waals surface area contributed by atoms with E-state index >= 15 is 0 Å². The molecule has 0 radical (unpaired) electrons. The maximum atomic E-state index is 5.80. The Morgan fingerprint density at radius 1 is 1.27 bits per heavy atom. The molecule has 0 aliphatic rings. The van der Waals surface area contributed by atoms with Crippen molar-refractivity contribution in [3.05, 3.63) is 23.3 Å². The molecule has 0 spiro atoms. The van der Waals surface area contributed by atoms with Crippen molar-refractivity contribution in [2.75, 3.05) is 5.73 Å². The molecule has 0 saturated heterocycles. The first-order valence-electron chi connectivity index (χ1n) is 5.15. The summed E-state index contributed by atoms with van der Waals surface area (Å²) in [5, 5.41) is 8.11. The van der Waals surface area contributed by atoms with E-state index in [2.05, 4.69) is 44.0 Å². The zero-order valence-corrected chi connectivity index (χ0v) is 9.68. The van der Waals surface area contributed by atoms with E-state index in [-0.39, 0.29) is 5.41 Å². The van der Waals surface area contributed by atoms with E-state index in [1.54, 1.807) is 0 Å². The van der Waals surface area contributed by atoms with Crippen LogP contribution in [-0.2, 0) is 5.41 Å². The third kappa shape index (κ3) is 1.48. The standard InChI is InChI=1S/C12H17N3/c1-7-5-6-8-10(14-15-11(8)13)9(7)12(2,3)4/h5-6H,1-4H3,(H3,13,14,15). The van der Waals surface area contributed by atoms with Crippen LogP contribution < -0.4 is 5.73 Å². The molecule has 0 fully saturated rings. The number of fused-ring (bicyclic) bond motifs is 1. The minimum absolute atomic E-state index is 0.0998. The lowest BCUT2D eigenvalue weighted by molar-refractivity contribution is 0.590. The summed E-state index contributed by atoms with van der Waals surface area (Å²) < 4.78 is 0. The Labute approximate surface area is 89.7 Å². The summed E-state index contributed by atoms with van der Waals surface area (Å²) in [6, 6.07) is 4.13.